The van der Waals surface area contributed by atoms with Crippen LogP contribution in [0.15, 0.2) is 18.2 Å². The van der Waals surface area contributed by atoms with Crippen LogP contribution in [0.1, 0.15) is 11.1 Å². The van der Waals surface area contributed by atoms with Crippen LogP contribution in [0.4, 0.5) is 0 Å². The average molecular weight is 273 g/mol. The van der Waals surface area contributed by atoms with Crippen molar-refractivity contribution in [3.05, 3.63) is 32.9 Å². The van der Waals surface area contributed by atoms with E-state index in [1.807, 2.05) is 7.05 Å². The molecule has 64 valence electrons. The number of nitrogens with one attached hydrogen (secondary N) is 1. The van der Waals surface area contributed by atoms with Crippen molar-refractivity contribution in [1.29, 1.82) is 0 Å². The van der Waals surface area contributed by atoms with Gasteiger partial charge in [0.25, 0.3) is 0 Å². The number of benzene rings is 1. The molecule has 2 rings (SSSR count). The smallest absolute Gasteiger partial charge is 0.0145 e. The quantitative estimate of drug-likeness (QED) is 0.771. The van der Waals surface area contributed by atoms with Crippen molar-refractivity contribution in [2.75, 3.05) is 7.05 Å². The van der Waals surface area contributed by atoms with Gasteiger partial charge in [-0.1, -0.05) is 6.07 Å². The molecular formula is C10H12IN. The van der Waals surface area contributed by atoms with E-state index in [0.29, 0.717) is 6.04 Å². The van der Waals surface area contributed by atoms with E-state index in [9.17, 15) is 0 Å². The van der Waals surface area contributed by atoms with Crippen LogP contribution < -0.4 is 5.32 Å². The van der Waals surface area contributed by atoms with Crippen molar-refractivity contribution in [3.8, 4) is 0 Å². The molecule has 1 aliphatic rings. The summed E-state index contributed by atoms with van der Waals surface area (Å²) in [6.45, 7) is 0. The van der Waals surface area contributed by atoms with Gasteiger partial charge in [0.15, 0.2) is 0 Å². The third-order valence-electron chi connectivity index (χ3n) is 2.51. The molecule has 12 heavy (non-hydrogen) atoms. The highest BCUT2D eigenvalue weighted by Gasteiger charge is 2.19. The highest BCUT2D eigenvalue weighted by molar-refractivity contribution is 14.1. The number of rotatable bonds is 1. The zero-order chi connectivity index (χ0) is 8.55. The Hall–Kier alpha value is -0.0900. The molecular weight excluding hydrogens is 261 g/mol. The fourth-order valence-electron chi connectivity index (χ4n) is 1.79. The lowest BCUT2D eigenvalue weighted by atomic mass is 10.1. The van der Waals surface area contributed by atoms with Gasteiger partial charge in [-0.25, -0.2) is 0 Å². The molecule has 1 aromatic carbocycles. The van der Waals surface area contributed by atoms with Crippen LogP contribution in [0, 0.1) is 3.57 Å². The Bertz CT molecular complexity index is 296. The Morgan fingerprint density at radius 1 is 1.33 bits per heavy atom. The maximum Gasteiger partial charge on any atom is 0.0145 e. The van der Waals surface area contributed by atoms with Gasteiger partial charge in [-0.3, -0.25) is 0 Å². The lowest BCUT2D eigenvalue weighted by Crippen LogP contribution is -2.24. The first-order chi connectivity index (χ1) is 5.79. The molecule has 1 nitrogen and oxygen atoms in total. The monoisotopic (exact) mass is 273 g/mol. The first-order valence-electron chi connectivity index (χ1n) is 4.24. The number of hydrogen-bond acceptors (Lipinski definition) is 1. The number of hydrogen-bond donors (Lipinski definition) is 1. The summed E-state index contributed by atoms with van der Waals surface area (Å²) >= 11 is 2.37. The maximum absolute atomic E-state index is 3.33. The Kier molecular flexibility index (Phi) is 2.37. The Labute approximate surface area is 86.7 Å². The minimum Gasteiger partial charge on any atom is -0.316 e. The summed E-state index contributed by atoms with van der Waals surface area (Å²) in [6.07, 6.45) is 2.39. The fraction of sp³-hybridized carbons (Fsp3) is 0.400. The van der Waals surface area contributed by atoms with Crippen molar-refractivity contribution in [2.45, 2.75) is 18.9 Å². The van der Waals surface area contributed by atoms with E-state index >= 15 is 0 Å². The molecule has 0 heterocycles. The van der Waals surface area contributed by atoms with Crippen LogP contribution in [-0.4, -0.2) is 13.1 Å². The molecule has 0 aromatic heterocycles. The molecule has 0 saturated carbocycles. The van der Waals surface area contributed by atoms with Crippen LogP contribution in [0.3, 0.4) is 0 Å². The van der Waals surface area contributed by atoms with Gasteiger partial charge in [0.2, 0.25) is 0 Å². The molecule has 0 radical (unpaired) electrons. The first kappa shape index (κ1) is 8.51. The summed E-state index contributed by atoms with van der Waals surface area (Å²) in [5.41, 5.74) is 3.05. The van der Waals surface area contributed by atoms with E-state index < -0.39 is 0 Å². The van der Waals surface area contributed by atoms with Gasteiger partial charge >= 0.3 is 0 Å². The van der Waals surface area contributed by atoms with Gasteiger partial charge in [-0.15, -0.1) is 0 Å². The molecule has 1 aromatic rings. The zero-order valence-corrected chi connectivity index (χ0v) is 9.26. The minimum atomic E-state index is 0.665. The molecule has 1 atom stereocenters. The van der Waals surface area contributed by atoms with E-state index in [1.54, 1.807) is 0 Å². The molecule has 0 amide bonds. The van der Waals surface area contributed by atoms with E-state index in [4.69, 9.17) is 0 Å². The molecule has 0 fully saturated rings. The van der Waals surface area contributed by atoms with E-state index in [0.717, 1.165) is 0 Å². The van der Waals surface area contributed by atoms with Gasteiger partial charge in [0, 0.05) is 9.61 Å². The van der Waals surface area contributed by atoms with Crippen LogP contribution in [0.5, 0.6) is 0 Å². The summed E-state index contributed by atoms with van der Waals surface area (Å²) in [6, 6.07) is 7.41. The van der Waals surface area contributed by atoms with E-state index in [2.05, 4.69) is 46.1 Å². The number of fused-ring (bicyclic) bond motifs is 1. The lowest BCUT2D eigenvalue weighted by molar-refractivity contribution is 0.593. The Balaban J connectivity index is 2.30. The van der Waals surface area contributed by atoms with E-state index in [1.165, 1.54) is 27.5 Å². The summed E-state index contributed by atoms with van der Waals surface area (Å²) in [4.78, 5) is 0. The summed E-state index contributed by atoms with van der Waals surface area (Å²) < 4.78 is 1.35. The van der Waals surface area contributed by atoms with Gasteiger partial charge in [0.05, 0.1) is 0 Å². The molecule has 0 saturated heterocycles. The molecule has 0 bridgehead atoms. The molecule has 1 N–H and O–H groups in total. The van der Waals surface area contributed by atoms with Crippen LogP contribution >= 0.6 is 22.6 Å². The molecule has 0 unspecified atom stereocenters. The second-order valence-corrected chi connectivity index (χ2v) is 4.55. The maximum atomic E-state index is 3.33. The average Bonchev–Trinajstić information content (AvgIpc) is 2.46. The van der Waals surface area contributed by atoms with Crippen molar-refractivity contribution < 1.29 is 0 Å². The van der Waals surface area contributed by atoms with Crippen molar-refractivity contribution in [1.82, 2.24) is 5.32 Å². The standard InChI is InChI=1S/C10H12IN/c1-12-10-5-7-2-3-9(11)4-8(7)6-10/h2-4,10,12H,5-6H2,1H3/t10-/m0/s1. The summed E-state index contributed by atoms with van der Waals surface area (Å²) in [5, 5.41) is 3.33. The predicted molar refractivity (Wildman–Crippen MR) is 59.4 cm³/mol. The van der Waals surface area contributed by atoms with Gasteiger partial charge in [-0.05, 0) is 65.7 Å². The minimum absolute atomic E-state index is 0.665. The van der Waals surface area contributed by atoms with Crippen LogP contribution in [0.25, 0.3) is 0 Å². The zero-order valence-electron chi connectivity index (χ0n) is 7.10. The summed E-state index contributed by atoms with van der Waals surface area (Å²) in [5.74, 6) is 0. The SMILES string of the molecule is CN[C@H]1Cc2ccc(I)cc2C1. The highest BCUT2D eigenvalue weighted by Crippen LogP contribution is 2.23. The van der Waals surface area contributed by atoms with E-state index in [-0.39, 0.29) is 0 Å². The van der Waals surface area contributed by atoms with Crippen molar-refractivity contribution in [3.63, 3.8) is 0 Å². The number of halogens is 1. The van der Waals surface area contributed by atoms with Crippen LogP contribution in [-0.2, 0) is 12.8 Å². The Morgan fingerprint density at radius 3 is 2.83 bits per heavy atom. The lowest BCUT2D eigenvalue weighted by Gasteiger charge is -2.04. The third kappa shape index (κ3) is 1.50. The van der Waals surface area contributed by atoms with Gasteiger partial charge < -0.3 is 5.32 Å². The molecule has 0 spiro atoms. The highest BCUT2D eigenvalue weighted by atomic mass is 127. The third-order valence-corrected chi connectivity index (χ3v) is 3.18. The largest absolute Gasteiger partial charge is 0.316 e. The fourth-order valence-corrected chi connectivity index (χ4v) is 2.35. The predicted octanol–water partition coefficient (Wildman–Crippen LogP) is 1.98. The molecule has 0 aliphatic heterocycles. The summed E-state index contributed by atoms with van der Waals surface area (Å²) in [7, 11) is 2.04. The second-order valence-electron chi connectivity index (χ2n) is 3.31. The Morgan fingerprint density at radius 2 is 2.08 bits per heavy atom. The van der Waals surface area contributed by atoms with Crippen molar-refractivity contribution in [2.24, 2.45) is 0 Å². The molecule has 2 heteroatoms. The molecule has 1 aliphatic carbocycles. The van der Waals surface area contributed by atoms with Gasteiger partial charge in [0.1, 0.15) is 0 Å². The number of likely N-dealkylation sites (N-methyl/N-ethyl adjacent to an activating group) is 1. The normalized spacial score (nSPS) is 21.0. The second kappa shape index (κ2) is 3.34. The first-order valence-corrected chi connectivity index (χ1v) is 5.32. The van der Waals surface area contributed by atoms with Gasteiger partial charge in [-0.2, -0.15) is 0 Å². The van der Waals surface area contributed by atoms with Crippen LogP contribution in [0.2, 0.25) is 0 Å². The van der Waals surface area contributed by atoms with Crippen molar-refractivity contribution >= 4 is 22.6 Å². The topological polar surface area (TPSA) is 12.0 Å².